The first-order valence-electron chi connectivity index (χ1n) is 22.8. The lowest BCUT2D eigenvalue weighted by molar-refractivity contribution is 0.527. The predicted molar refractivity (Wildman–Crippen MR) is 240 cm³/mol. The van der Waals surface area contributed by atoms with Gasteiger partial charge in [0.15, 0.2) is 0 Å². The van der Waals surface area contributed by atoms with Gasteiger partial charge >= 0.3 is 0 Å². The van der Waals surface area contributed by atoms with E-state index in [2.05, 4.69) is 101 Å². The Hall–Kier alpha value is -2.74. The maximum absolute atomic E-state index is 5.34. The zero-order valence-corrected chi connectivity index (χ0v) is 35.5. The molecule has 2 aromatic carbocycles. The minimum atomic E-state index is 0.939. The van der Waals surface area contributed by atoms with Crippen LogP contribution in [-0.4, -0.2) is 11.4 Å². The van der Waals surface area contributed by atoms with Gasteiger partial charge in [0.2, 0.25) is 0 Å². The molecule has 0 aliphatic carbocycles. The Bertz CT molecular complexity index is 1270. The highest BCUT2D eigenvalue weighted by Crippen LogP contribution is 2.25. The molecule has 0 heterocycles. The topological polar surface area (TPSA) is 24.7 Å². The molecule has 0 atom stereocenters. The van der Waals surface area contributed by atoms with Crippen LogP contribution in [0.3, 0.4) is 0 Å². The van der Waals surface area contributed by atoms with Gasteiger partial charge in [0, 0.05) is 0 Å². The lowest BCUT2D eigenvalue weighted by Crippen LogP contribution is -2.12. The molecular formula is C51H82N2. The number of hydrogen-bond donors (Lipinski definition) is 0. The van der Waals surface area contributed by atoms with Crippen LogP contribution in [0.15, 0.2) is 76.8 Å². The third-order valence-electron chi connectivity index (χ3n) is 10.4. The normalized spacial score (nSPS) is 12.5. The molecule has 0 saturated carbocycles. The van der Waals surface area contributed by atoms with Crippen molar-refractivity contribution in [2.75, 3.05) is 0 Å². The van der Waals surface area contributed by atoms with Gasteiger partial charge in [-0.25, -0.2) is 4.99 Å². The van der Waals surface area contributed by atoms with Crippen molar-refractivity contribution < 1.29 is 0 Å². The SMILES string of the molecule is CC/C=C/C(=Nc1ccccc1CC/C=C/CCCCCCCCCCCCCCCCCCC)C(CCCC)=Nc1cc(CCC)cc(CCC)c1. The summed E-state index contributed by atoms with van der Waals surface area (Å²) in [6.45, 7) is 11.3. The predicted octanol–water partition coefficient (Wildman–Crippen LogP) is 17.1. The second-order valence-corrected chi connectivity index (χ2v) is 15.6. The van der Waals surface area contributed by atoms with Crippen molar-refractivity contribution in [3.05, 3.63) is 83.5 Å². The summed E-state index contributed by atoms with van der Waals surface area (Å²) >= 11 is 0. The van der Waals surface area contributed by atoms with E-state index in [1.165, 1.54) is 132 Å². The van der Waals surface area contributed by atoms with E-state index in [9.17, 15) is 0 Å². The molecule has 0 radical (unpaired) electrons. The van der Waals surface area contributed by atoms with Crippen molar-refractivity contribution >= 4 is 22.8 Å². The molecule has 2 aromatic rings. The maximum atomic E-state index is 5.34. The maximum Gasteiger partial charge on any atom is 0.0848 e. The standard InChI is InChI=1S/C51H82N2/c1-6-11-14-15-16-17-18-19-20-21-22-23-24-25-26-27-28-29-30-31-32-37-47-38-33-34-41-49(47)53-51(40-13-8-3)50(39-12-7-2)52-48-43-45(35-9-4)42-46(44-48)36-10-5/h13,30-31,33-34,38,40-44H,6-12,14-29,32,35-37,39H2,1-5H3/b31-30+,40-13+,52-50?,53-51?. The van der Waals surface area contributed by atoms with Crippen molar-refractivity contribution in [2.24, 2.45) is 9.98 Å². The quantitative estimate of drug-likeness (QED) is 0.0398. The Morgan fingerprint density at radius 3 is 1.57 bits per heavy atom. The molecule has 0 aromatic heterocycles. The summed E-state index contributed by atoms with van der Waals surface area (Å²) in [5.74, 6) is 0. The summed E-state index contributed by atoms with van der Waals surface area (Å²) in [7, 11) is 0. The minimum absolute atomic E-state index is 0.939. The summed E-state index contributed by atoms with van der Waals surface area (Å²) in [6, 6.07) is 15.7. The van der Waals surface area contributed by atoms with Crippen molar-refractivity contribution in [3.63, 3.8) is 0 Å². The Labute approximate surface area is 329 Å². The van der Waals surface area contributed by atoms with Crippen LogP contribution >= 0.6 is 0 Å². The van der Waals surface area contributed by atoms with Crippen molar-refractivity contribution in [1.29, 1.82) is 0 Å². The molecular weight excluding hydrogens is 641 g/mol. The zero-order valence-electron chi connectivity index (χ0n) is 35.5. The van der Waals surface area contributed by atoms with Gasteiger partial charge in [-0.3, -0.25) is 4.99 Å². The summed E-state index contributed by atoms with van der Waals surface area (Å²) in [5, 5.41) is 0. The van der Waals surface area contributed by atoms with Gasteiger partial charge < -0.3 is 0 Å². The molecule has 2 nitrogen and oxygen atoms in total. The second kappa shape index (κ2) is 32.7. The molecule has 2 rings (SSSR count). The van der Waals surface area contributed by atoms with Crippen LogP contribution in [0.1, 0.15) is 212 Å². The van der Waals surface area contributed by atoms with Crippen molar-refractivity contribution in [3.8, 4) is 0 Å². The molecule has 53 heavy (non-hydrogen) atoms. The molecule has 0 saturated heterocycles. The number of benzene rings is 2. The van der Waals surface area contributed by atoms with Gasteiger partial charge in [-0.05, 0) is 98.8 Å². The fourth-order valence-corrected chi connectivity index (χ4v) is 7.27. The fraction of sp³-hybridized carbons (Fsp3) is 0.647. The van der Waals surface area contributed by atoms with E-state index in [0.29, 0.717) is 0 Å². The molecule has 296 valence electrons. The number of para-hydroxylation sites is 1. The van der Waals surface area contributed by atoms with Crippen LogP contribution in [0.5, 0.6) is 0 Å². The highest BCUT2D eigenvalue weighted by atomic mass is 14.8. The molecule has 0 N–H and O–H groups in total. The minimum Gasteiger partial charge on any atom is -0.251 e. The molecule has 0 unspecified atom stereocenters. The van der Waals surface area contributed by atoms with E-state index >= 15 is 0 Å². The van der Waals surface area contributed by atoms with Crippen LogP contribution in [0.25, 0.3) is 0 Å². The first-order valence-corrected chi connectivity index (χ1v) is 22.8. The molecule has 0 fully saturated rings. The first-order chi connectivity index (χ1) is 26.1. The Balaban J connectivity index is 1.84. The smallest absolute Gasteiger partial charge is 0.0848 e. The van der Waals surface area contributed by atoms with E-state index < -0.39 is 0 Å². The number of allylic oxidation sites excluding steroid dienone is 4. The average Bonchev–Trinajstić information content (AvgIpc) is 3.16. The van der Waals surface area contributed by atoms with Gasteiger partial charge in [0.05, 0.1) is 22.8 Å². The lowest BCUT2D eigenvalue weighted by Gasteiger charge is -2.12. The summed E-state index contributed by atoms with van der Waals surface area (Å²) in [6.07, 6.45) is 45.5. The van der Waals surface area contributed by atoms with Crippen LogP contribution < -0.4 is 0 Å². The van der Waals surface area contributed by atoms with E-state index in [1.54, 1.807) is 0 Å². The van der Waals surface area contributed by atoms with E-state index in [0.717, 1.165) is 87.0 Å². The summed E-state index contributed by atoms with van der Waals surface area (Å²) < 4.78 is 0. The Morgan fingerprint density at radius 1 is 0.491 bits per heavy atom. The zero-order chi connectivity index (χ0) is 38.0. The largest absolute Gasteiger partial charge is 0.251 e. The number of nitrogens with zero attached hydrogens (tertiary/aromatic N) is 2. The number of rotatable bonds is 33. The van der Waals surface area contributed by atoms with Gasteiger partial charge in [-0.1, -0.05) is 199 Å². The van der Waals surface area contributed by atoms with E-state index in [1.807, 2.05) is 0 Å². The molecule has 0 amide bonds. The fourth-order valence-electron chi connectivity index (χ4n) is 7.27. The van der Waals surface area contributed by atoms with Gasteiger partial charge in [-0.15, -0.1) is 0 Å². The monoisotopic (exact) mass is 723 g/mol. The van der Waals surface area contributed by atoms with Crippen LogP contribution in [-0.2, 0) is 19.3 Å². The molecule has 0 bridgehead atoms. The van der Waals surface area contributed by atoms with Gasteiger partial charge in [-0.2, -0.15) is 0 Å². The summed E-state index contributed by atoms with van der Waals surface area (Å²) in [4.78, 5) is 10.7. The summed E-state index contributed by atoms with van der Waals surface area (Å²) in [5.41, 5.74) is 8.41. The lowest BCUT2D eigenvalue weighted by atomic mass is 10.0. The van der Waals surface area contributed by atoms with Crippen LogP contribution in [0.2, 0.25) is 0 Å². The van der Waals surface area contributed by atoms with Crippen molar-refractivity contribution in [1.82, 2.24) is 0 Å². The molecule has 0 aliphatic heterocycles. The second-order valence-electron chi connectivity index (χ2n) is 15.6. The number of aryl methyl sites for hydroxylation is 3. The molecule has 2 heteroatoms. The average molecular weight is 723 g/mol. The van der Waals surface area contributed by atoms with E-state index in [-0.39, 0.29) is 0 Å². The highest BCUT2D eigenvalue weighted by molar-refractivity contribution is 6.47. The molecule has 0 aliphatic rings. The third-order valence-corrected chi connectivity index (χ3v) is 10.4. The van der Waals surface area contributed by atoms with E-state index in [4.69, 9.17) is 9.98 Å². The Kier molecular flexibility index (Phi) is 28.6. The molecule has 0 spiro atoms. The van der Waals surface area contributed by atoms with Crippen molar-refractivity contribution in [2.45, 2.75) is 214 Å². The number of unbranched alkanes of at least 4 members (excludes halogenated alkanes) is 18. The van der Waals surface area contributed by atoms with Crippen LogP contribution in [0.4, 0.5) is 11.4 Å². The van der Waals surface area contributed by atoms with Gasteiger partial charge in [0.1, 0.15) is 0 Å². The van der Waals surface area contributed by atoms with Gasteiger partial charge in [0.25, 0.3) is 0 Å². The Morgan fingerprint density at radius 2 is 1.02 bits per heavy atom. The third kappa shape index (κ3) is 22.9. The van der Waals surface area contributed by atoms with Crippen LogP contribution in [0, 0.1) is 0 Å². The first kappa shape index (κ1) is 46.4. The number of hydrogen-bond acceptors (Lipinski definition) is 2. The number of aliphatic imine (C=N–C) groups is 2. The highest BCUT2D eigenvalue weighted by Gasteiger charge is 2.11.